The van der Waals surface area contributed by atoms with E-state index < -0.39 is 10.0 Å². The van der Waals surface area contributed by atoms with Gasteiger partial charge in [0.15, 0.2) is 0 Å². The quantitative estimate of drug-likeness (QED) is 0.769. The van der Waals surface area contributed by atoms with Crippen molar-refractivity contribution in [2.75, 3.05) is 32.7 Å². The highest BCUT2D eigenvalue weighted by molar-refractivity contribution is 7.89. The second kappa shape index (κ2) is 9.56. The molecule has 1 atom stereocenters. The van der Waals surface area contributed by atoms with Crippen LogP contribution in [-0.4, -0.2) is 62.3 Å². The Morgan fingerprint density at radius 3 is 2.78 bits per heavy atom. The van der Waals surface area contributed by atoms with Gasteiger partial charge in [0.1, 0.15) is 4.90 Å². The lowest BCUT2D eigenvalue weighted by Gasteiger charge is -2.40. The van der Waals surface area contributed by atoms with Crippen molar-refractivity contribution in [3.05, 3.63) is 28.8 Å². The van der Waals surface area contributed by atoms with Gasteiger partial charge in [-0.25, -0.2) is 8.42 Å². The molecule has 27 heavy (non-hydrogen) atoms. The predicted molar refractivity (Wildman–Crippen MR) is 109 cm³/mol. The molecule has 1 unspecified atom stereocenters. The highest BCUT2D eigenvalue weighted by atomic mass is 35.5. The van der Waals surface area contributed by atoms with Crippen molar-refractivity contribution in [2.45, 2.75) is 43.5 Å². The van der Waals surface area contributed by atoms with Gasteiger partial charge in [-0.05, 0) is 37.0 Å². The first-order valence-electron chi connectivity index (χ1n) is 9.22. The molecule has 152 valence electrons. The number of piperidine rings is 1. The van der Waals surface area contributed by atoms with Crippen LogP contribution in [0.2, 0.25) is 5.02 Å². The molecule has 6 nitrogen and oxygen atoms in total. The van der Waals surface area contributed by atoms with Gasteiger partial charge >= 0.3 is 0 Å². The number of aryl methyl sites for hydroxylation is 1. The molecule has 0 spiro atoms. The Labute approximate surface area is 172 Å². The number of amides is 1. The molecule has 2 fully saturated rings. The Bertz CT molecular complexity index is 773. The van der Waals surface area contributed by atoms with E-state index in [9.17, 15) is 13.2 Å². The summed E-state index contributed by atoms with van der Waals surface area (Å²) in [5.41, 5.74) is 0.973. The minimum Gasteiger partial charge on any atom is -0.336 e. The lowest BCUT2D eigenvalue weighted by Crippen LogP contribution is -2.57. The number of sulfonamides is 1. The molecule has 3 rings (SSSR count). The lowest BCUT2D eigenvalue weighted by molar-refractivity contribution is -0.135. The first-order valence-corrected chi connectivity index (χ1v) is 11.0. The van der Waals surface area contributed by atoms with E-state index in [1.54, 1.807) is 12.1 Å². The number of carbonyl (C=O) groups is 1. The Balaban J connectivity index is 0.00000261. The summed E-state index contributed by atoms with van der Waals surface area (Å²) >= 11 is 6.23. The molecule has 0 bridgehead atoms. The molecule has 2 aliphatic rings. The fraction of sp³-hybridized carbons (Fsp3) is 0.611. The molecule has 1 N–H and O–H groups in total. The van der Waals surface area contributed by atoms with E-state index in [2.05, 4.69) is 12.2 Å². The number of halogens is 2. The number of carbonyl (C=O) groups excluding carboxylic acids is 1. The van der Waals surface area contributed by atoms with Crippen LogP contribution in [0.1, 0.15) is 31.7 Å². The zero-order chi connectivity index (χ0) is 18.7. The normalized spacial score (nSPS) is 21.8. The minimum absolute atomic E-state index is 0. The van der Waals surface area contributed by atoms with Crippen molar-refractivity contribution in [1.82, 2.24) is 14.5 Å². The van der Waals surface area contributed by atoms with E-state index in [1.165, 1.54) is 4.31 Å². The summed E-state index contributed by atoms with van der Waals surface area (Å²) in [4.78, 5) is 14.2. The van der Waals surface area contributed by atoms with Gasteiger partial charge in [-0.15, -0.1) is 12.4 Å². The maximum absolute atomic E-state index is 13.2. The first kappa shape index (κ1) is 22.4. The van der Waals surface area contributed by atoms with Gasteiger partial charge in [-0.2, -0.15) is 4.31 Å². The van der Waals surface area contributed by atoms with E-state index >= 15 is 0 Å². The average molecular weight is 436 g/mol. The molecule has 1 amide bonds. The van der Waals surface area contributed by atoms with Gasteiger partial charge in [-0.3, -0.25) is 4.79 Å². The van der Waals surface area contributed by atoms with Crippen LogP contribution in [0.25, 0.3) is 0 Å². The molecule has 1 aromatic carbocycles. The fourth-order valence-corrected chi connectivity index (χ4v) is 5.77. The summed E-state index contributed by atoms with van der Waals surface area (Å²) in [5.74, 6) is 0.0449. The third kappa shape index (κ3) is 4.95. The Kier molecular flexibility index (Phi) is 7.94. The lowest BCUT2D eigenvalue weighted by atomic mass is 10.1. The van der Waals surface area contributed by atoms with E-state index in [4.69, 9.17) is 11.6 Å². The molecule has 0 aliphatic carbocycles. The Morgan fingerprint density at radius 1 is 1.30 bits per heavy atom. The maximum atomic E-state index is 13.2. The Hall–Kier alpha value is -0.860. The summed E-state index contributed by atoms with van der Waals surface area (Å²) in [6.45, 7) is 4.57. The van der Waals surface area contributed by atoms with Crippen molar-refractivity contribution < 1.29 is 13.2 Å². The summed E-state index contributed by atoms with van der Waals surface area (Å²) in [5, 5.41) is 3.31. The van der Waals surface area contributed by atoms with Crippen molar-refractivity contribution in [3.63, 3.8) is 0 Å². The molecule has 9 heteroatoms. The minimum atomic E-state index is -3.67. The number of nitrogens with one attached hydrogen (secondary N) is 1. The molecule has 0 saturated carbocycles. The van der Waals surface area contributed by atoms with Crippen molar-refractivity contribution >= 4 is 39.9 Å². The maximum Gasteiger partial charge on any atom is 0.244 e. The summed E-state index contributed by atoms with van der Waals surface area (Å²) in [7, 11) is -3.67. The highest BCUT2D eigenvalue weighted by Gasteiger charge is 2.36. The van der Waals surface area contributed by atoms with Crippen molar-refractivity contribution in [2.24, 2.45) is 0 Å². The number of piperazine rings is 1. The molecule has 2 heterocycles. The topological polar surface area (TPSA) is 69.7 Å². The van der Waals surface area contributed by atoms with Crippen LogP contribution in [0.4, 0.5) is 0 Å². The molecule has 2 saturated heterocycles. The summed E-state index contributed by atoms with van der Waals surface area (Å²) < 4.78 is 27.9. The van der Waals surface area contributed by atoms with Crippen LogP contribution < -0.4 is 5.32 Å². The monoisotopic (exact) mass is 435 g/mol. The summed E-state index contributed by atoms with van der Waals surface area (Å²) in [6, 6.07) is 5.18. The van der Waals surface area contributed by atoms with Crippen LogP contribution in [0, 0.1) is 0 Å². The average Bonchev–Trinajstić information content (AvgIpc) is 2.64. The highest BCUT2D eigenvalue weighted by Crippen LogP contribution is 2.29. The van der Waals surface area contributed by atoms with E-state index in [1.807, 2.05) is 11.0 Å². The van der Waals surface area contributed by atoms with E-state index in [0.717, 1.165) is 37.8 Å². The summed E-state index contributed by atoms with van der Waals surface area (Å²) in [6.07, 6.45) is 3.34. The molecular formula is C18H27Cl2N3O3S. The molecule has 0 radical (unpaired) electrons. The number of hydrogen-bond donors (Lipinski definition) is 1. The zero-order valence-electron chi connectivity index (χ0n) is 15.5. The van der Waals surface area contributed by atoms with Gasteiger partial charge in [0.25, 0.3) is 0 Å². The van der Waals surface area contributed by atoms with E-state index in [0.29, 0.717) is 26.2 Å². The van der Waals surface area contributed by atoms with Crippen LogP contribution in [0.15, 0.2) is 23.1 Å². The third-order valence-electron chi connectivity index (χ3n) is 5.08. The first-order chi connectivity index (χ1) is 12.4. The van der Waals surface area contributed by atoms with Gasteiger partial charge in [-0.1, -0.05) is 31.0 Å². The number of rotatable bonds is 5. The molecule has 0 aromatic heterocycles. The largest absolute Gasteiger partial charge is 0.336 e. The smallest absolute Gasteiger partial charge is 0.244 e. The van der Waals surface area contributed by atoms with Gasteiger partial charge in [0, 0.05) is 32.2 Å². The third-order valence-corrected chi connectivity index (χ3v) is 7.42. The van der Waals surface area contributed by atoms with Crippen molar-refractivity contribution in [1.29, 1.82) is 0 Å². The number of nitrogens with zero attached hydrogens (tertiary/aromatic N) is 2. The molecular weight excluding hydrogens is 409 g/mol. The van der Waals surface area contributed by atoms with Gasteiger partial charge in [0.2, 0.25) is 15.9 Å². The molecule has 2 aliphatic heterocycles. The van der Waals surface area contributed by atoms with Crippen LogP contribution in [0.5, 0.6) is 0 Å². The zero-order valence-corrected chi connectivity index (χ0v) is 17.9. The second-order valence-electron chi connectivity index (χ2n) is 6.94. The van der Waals surface area contributed by atoms with Crippen LogP contribution in [0.3, 0.4) is 0 Å². The SMILES string of the molecule is CCCc1ccc(Cl)c(S(=O)(=O)N2CCCC(N3CCNCC3=O)C2)c1.Cl. The molecule has 1 aromatic rings. The van der Waals surface area contributed by atoms with Gasteiger partial charge in [0.05, 0.1) is 11.6 Å². The van der Waals surface area contributed by atoms with Crippen molar-refractivity contribution in [3.8, 4) is 0 Å². The standard InChI is InChI=1S/C18H26ClN3O3S.ClH/c1-2-4-14-6-7-16(19)17(11-14)26(24,25)21-9-3-5-15(13-21)22-10-8-20-12-18(22)23;/h6-7,11,15,20H,2-5,8-10,12-13H2,1H3;1H. The fourth-order valence-electron chi connectivity index (χ4n) is 3.73. The second-order valence-corrected chi connectivity index (χ2v) is 9.25. The number of hydrogen-bond acceptors (Lipinski definition) is 4. The van der Waals surface area contributed by atoms with Crippen LogP contribution in [-0.2, 0) is 21.2 Å². The predicted octanol–water partition coefficient (Wildman–Crippen LogP) is 2.30. The number of benzene rings is 1. The van der Waals surface area contributed by atoms with Crippen LogP contribution >= 0.6 is 24.0 Å². The van der Waals surface area contributed by atoms with Gasteiger partial charge < -0.3 is 10.2 Å². The Morgan fingerprint density at radius 2 is 2.07 bits per heavy atom. The van der Waals surface area contributed by atoms with E-state index in [-0.39, 0.29) is 34.3 Å².